The second-order valence-corrected chi connectivity index (χ2v) is 8.14. The lowest BCUT2D eigenvalue weighted by atomic mass is 10.2. The van der Waals surface area contributed by atoms with Crippen LogP contribution in [0.3, 0.4) is 0 Å². The van der Waals surface area contributed by atoms with Crippen LogP contribution in [0.1, 0.15) is 5.56 Å². The number of nitrogens with one attached hydrogen (secondary N) is 1. The summed E-state index contributed by atoms with van der Waals surface area (Å²) in [6, 6.07) is 7.97. The zero-order chi connectivity index (χ0) is 18.7. The molecule has 1 amide bonds. The Labute approximate surface area is 157 Å². The molecule has 1 N–H and O–H groups in total. The van der Waals surface area contributed by atoms with Crippen LogP contribution in [0.5, 0.6) is 0 Å². The van der Waals surface area contributed by atoms with Crippen molar-refractivity contribution in [3.63, 3.8) is 0 Å². The Balaban J connectivity index is 1.70. The summed E-state index contributed by atoms with van der Waals surface area (Å²) in [4.78, 5) is 18.9. The quantitative estimate of drug-likeness (QED) is 0.785. The molecular formula is C17H19ClN4O3S. The Morgan fingerprint density at radius 3 is 2.46 bits per heavy atom. The predicted molar refractivity (Wildman–Crippen MR) is 101 cm³/mol. The smallest absolute Gasteiger partial charge is 0.263 e. The fourth-order valence-corrected chi connectivity index (χ4v) is 3.91. The molecule has 1 aromatic heterocycles. The Bertz CT molecular complexity index is 895. The van der Waals surface area contributed by atoms with Gasteiger partial charge in [-0.1, -0.05) is 11.6 Å². The maximum Gasteiger partial charge on any atom is 0.263 e. The molecule has 9 heteroatoms. The molecule has 0 radical (unpaired) electrons. The van der Waals surface area contributed by atoms with Gasteiger partial charge in [0.15, 0.2) is 0 Å². The summed E-state index contributed by atoms with van der Waals surface area (Å²) in [5.41, 5.74) is 1.58. The molecule has 0 saturated carbocycles. The molecule has 0 atom stereocenters. The molecule has 3 rings (SSSR count). The second kappa shape index (κ2) is 7.51. The maximum absolute atomic E-state index is 12.5. The molecule has 1 saturated heterocycles. The lowest BCUT2D eigenvalue weighted by Gasteiger charge is -2.33. The summed E-state index contributed by atoms with van der Waals surface area (Å²) in [6.45, 7) is 4.51. The number of rotatable bonds is 5. The van der Waals surface area contributed by atoms with Gasteiger partial charge in [-0.05, 0) is 42.8 Å². The van der Waals surface area contributed by atoms with Crippen LogP contribution in [0.4, 0.5) is 11.5 Å². The Hall–Kier alpha value is -2.32. The lowest BCUT2D eigenvalue weighted by molar-refractivity contribution is -0.118. The van der Waals surface area contributed by atoms with Gasteiger partial charge in [0.2, 0.25) is 6.41 Å². The first kappa shape index (κ1) is 18.5. The zero-order valence-corrected chi connectivity index (χ0v) is 15.8. The fourth-order valence-electron chi connectivity index (χ4n) is 2.70. The first-order valence-corrected chi connectivity index (χ1v) is 9.94. The molecule has 1 aliphatic heterocycles. The first-order valence-electron chi connectivity index (χ1n) is 8.08. The highest BCUT2D eigenvalue weighted by atomic mass is 35.5. The van der Waals surface area contributed by atoms with Crippen LogP contribution >= 0.6 is 11.6 Å². The van der Waals surface area contributed by atoms with Crippen molar-refractivity contribution in [2.24, 2.45) is 0 Å². The van der Waals surface area contributed by atoms with Gasteiger partial charge in [0.1, 0.15) is 5.82 Å². The van der Waals surface area contributed by atoms with E-state index in [2.05, 4.69) is 14.6 Å². The van der Waals surface area contributed by atoms with Crippen molar-refractivity contribution < 1.29 is 13.2 Å². The van der Waals surface area contributed by atoms with Gasteiger partial charge in [-0.2, -0.15) is 0 Å². The number of hydrogen-bond donors (Lipinski definition) is 1. The highest BCUT2D eigenvalue weighted by Gasteiger charge is 2.18. The number of benzene rings is 1. The van der Waals surface area contributed by atoms with Crippen molar-refractivity contribution >= 4 is 39.5 Å². The van der Waals surface area contributed by atoms with Crippen molar-refractivity contribution in [3.8, 4) is 0 Å². The minimum Gasteiger partial charge on any atom is -0.367 e. The topological polar surface area (TPSA) is 82.6 Å². The summed E-state index contributed by atoms with van der Waals surface area (Å²) >= 11 is 5.95. The number of sulfonamides is 1. The number of hydrogen-bond acceptors (Lipinski definition) is 5. The minimum atomic E-state index is -3.73. The van der Waals surface area contributed by atoms with E-state index < -0.39 is 10.0 Å². The average molecular weight is 395 g/mol. The van der Waals surface area contributed by atoms with E-state index in [1.165, 1.54) is 12.1 Å². The van der Waals surface area contributed by atoms with Crippen LogP contribution < -0.4 is 9.62 Å². The van der Waals surface area contributed by atoms with Gasteiger partial charge in [-0.15, -0.1) is 0 Å². The largest absolute Gasteiger partial charge is 0.367 e. The van der Waals surface area contributed by atoms with Gasteiger partial charge in [0.05, 0.1) is 16.8 Å². The third-order valence-corrected chi connectivity index (χ3v) is 6.03. The van der Waals surface area contributed by atoms with Crippen molar-refractivity contribution in [2.75, 3.05) is 35.8 Å². The van der Waals surface area contributed by atoms with Gasteiger partial charge >= 0.3 is 0 Å². The molecule has 1 fully saturated rings. The third kappa shape index (κ3) is 4.08. The Morgan fingerprint density at radius 2 is 1.88 bits per heavy atom. The van der Waals surface area contributed by atoms with E-state index in [-0.39, 0.29) is 10.7 Å². The summed E-state index contributed by atoms with van der Waals surface area (Å²) < 4.78 is 27.4. The van der Waals surface area contributed by atoms with Crippen LogP contribution in [0.25, 0.3) is 0 Å². The molecule has 0 aliphatic carbocycles. The number of halogens is 1. The van der Waals surface area contributed by atoms with E-state index in [0.29, 0.717) is 23.7 Å². The summed E-state index contributed by atoms with van der Waals surface area (Å²) in [5.74, 6) is 0.243. The third-order valence-electron chi connectivity index (χ3n) is 4.25. The van der Waals surface area contributed by atoms with Gasteiger partial charge < -0.3 is 9.80 Å². The Kier molecular flexibility index (Phi) is 5.33. The number of carbonyl (C=O) groups is 1. The molecule has 2 aromatic rings. The maximum atomic E-state index is 12.5. The SMILES string of the molecule is Cc1cc(S(=O)(=O)Nc2ccc(N3CCN(C=O)CC3)cn2)ccc1Cl. The first-order chi connectivity index (χ1) is 12.4. The standard InChI is InChI=1S/C17H19ClN4O3S/c1-13-10-15(3-4-16(13)18)26(24,25)20-17-5-2-14(11-19-17)22-8-6-21(12-23)7-9-22/h2-5,10-12H,6-9H2,1H3,(H,19,20). The van der Waals surface area contributed by atoms with Gasteiger partial charge in [0, 0.05) is 31.2 Å². The van der Waals surface area contributed by atoms with E-state index >= 15 is 0 Å². The van der Waals surface area contributed by atoms with Crippen LogP contribution in [0.2, 0.25) is 5.02 Å². The molecule has 0 spiro atoms. The molecule has 2 heterocycles. The zero-order valence-electron chi connectivity index (χ0n) is 14.2. The number of amides is 1. The second-order valence-electron chi connectivity index (χ2n) is 6.05. The fraction of sp³-hybridized carbons (Fsp3) is 0.294. The average Bonchev–Trinajstić information content (AvgIpc) is 2.64. The molecule has 7 nitrogen and oxygen atoms in total. The number of aryl methyl sites for hydroxylation is 1. The number of pyridine rings is 1. The summed E-state index contributed by atoms with van der Waals surface area (Å²) in [5, 5.41) is 0.515. The molecule has 1 aromatic carbocycles. The molecule has 138 valence electrons. The van der Waals surface area contributed by atoms with Gasteiger partial charge in [0.25, 0.3) is 10.0 Å². The molecular weight excluding hydrogens is 376 g/mol. The van der Waals surface area contributed by atoms with Crippen molar-refractivity contribution in [1.82, 2.24) is 9.88 Å². The predicted octanol–water partition coefficient (Wildman–Crippen LogP) is 2.12. The monoisotopic (exact) mass is 394 g/mol. The number of nitrogens with zero attached hydrogens (tertiary/aromatic N) is 3. The molecule has 0 unspecified atom stereocenters. The normalized spacial score (nSPS) is 15.0. The lowest BCUT2D eigenvalue weighted by Crippen LogP contribution is -2.45. The van der Waals surface area contributed by atoms with Crippen LogP contribution in [0.15, 0.2) is 41.4 Å². The van der Waals surface area contributed by atoms with E-state index in [1.54, 1.807) is 30.2 Å². The summed E-state index contributed by atoms with van der Waals surface area (Å²) in [6.07, 6.45) is 2.48. The minimum absolute atomic E-state index is 0.135. The molecule has 0 bridgehead atoms. The van der Waals surface area contributed by atoms with Crippen molar-refractivity contribution in [3.05, 3.63) is 47.1 Å². The highest BCUT2D eigenvalue weighted by Crippen LogP contribution is 2.22. The summed E-state index contributed by atoms with van der Waals surface area (Å²) in [7, 11) is -3.73. The Morgan fingerprint density at radius 1 is 1.15 bits per heavy atom. The van der Waals surface area contributed by atoms with Crippen LogP contribution in [-0.4, -0.2) is 50.9 Å². The van der Waals surface area contributed by atoms with Gasteiger partial charge in [-0.3, -0.25) is 9.52 Å². The molecule has 26 heavy (non-hydrogen) atoms. The highest BCUT2D eigenvalue weighted by molar-refractivity contribution is 7.92. The van der Waals surface area contributed by atoms with Crippen molar-refractivity contribution in [1.29, 1.82) is 0 Å². The van der Waals surface area contributed by atoms with Crippen LogP contribution in [0, 0.1) is 6.92 Å². The van der Waals surface area contributed by atoms with Crippen LogP contribution in [-0.2, 0) is 14.8 Å². The number of carbonyl (C=O) groups excluding carboxylic acids is 1. The molecule has 1 aliphatic rings. The number of piperazine rings is 1. The number of anilines is 2. The van der Waals surface area contributed by atoms with Gasteiger partial charge in [-0.25, -0.2) is 13.4 Å². The number of aromatic nitrogens is 1. The van der Waals surface area contributed by atoms with E-state index in [1.807, 2.05) is 6.07 Å². The van der Waals surface area contributed by atoms with Crippen molar-refractivity contribution in [2.45, 2.75) is 11.8 Å². The van der Waals surface area contributed by atoms with E-state index in [0.717, 1.165) is 25.2 Å². The van der Waals surface area contributed by atoms with E-state index in [4.69, 9.17) is 11.6 Å². The van der Waals surface area contributed by atoms with E-state index in [9.17, 15) is 13.2 Å².